The molecule has 1 saturated heterocycles. The number of halogens is 1. The summed E-state index contributed by atoms with van der Waals surface area (Å²) in [4.78, 5) is 14.7. The van der Waals surface area contributed by atoms with Crippen LogP contribution in [0.3, 0.4) is 0 Å². The van der Waals surface area contributed by atoms with Crippen molar-refractivity contribution < 1.29 is 9.53 Å². The number of nitrogens with one attached hydrogen (secondary N) is 1. The fourth-order valence-electron chi connectivity index (χ4n) is 3.59. The van der Waals surface area contributed by atoms with Crippen molar-refractivity contribution in [3.63, 3.8) is 0 Å². The second kappa shape index (κ2) is 9.94. The molecular weight excluding hydrogens is 372 g/mol. The Bertz CT molecular complexity index is 770. The maximum atomic E-state index is 12.3. The molecule has 0 bridgehead atoms. The monoisotopic (exact) mass is 400 g/mol. The van der Waals surface area contributed by atoms with Crippen molar-refractivity contribution in [2.45, 2.75) is 38.6 Å². The Labute approximate surface area is 172 Å². The van der Waals surface area contributed by atoms with Crippen molar-refractivity contribution in [1.82, 2.24) is 10.2 Å². The summed E-state index contributed by atoms with van der Waals surface area (Å²) in [5.41, 5.74) is 2.32. The van der Waals surface area contributed by atoms with Crippen LogP contribution >= 0.6 is 11.6 Å². The van der Waals surface area contributed by atoms with Crippen molar-refractivity contribution >= 4 is 17.5 Å². The van der Waals surface area contributed by atoms with Gasteiger partial charge < -0.3 is 10.1 Å². The first-order chi connectivity index (χ1) is 13.5. The van der Waals surface area contributed by atoms with E-state index in [2.05, 4.69) is 24.1 Å². The van der Waals surface area contributed by atoms with Crippen LogP contribution in [0.1, 0.15) is 49.8 Å². The molecule has 5 heteroatoms. The largest absolute Gasteiger partial charge is 0.484 e. The molecule has 2 aromatic carbocycles. The van der Waals surface area contributed by atoms with E-state index in [0.717, 1.165) is 23.7 Å². The highest BCUT2D eigenvalue weighted by Crippen LogP contribution is 2.29. The maximum Gasteiger partial charge on any atom is 0.258 e. The van der Waals surface area contributed by atoms with Gasteiger partial charge in [-0.1, -0.05) is 55.8 Å². The molecule has 0 aliphatic carbocycles. The number of rotatable bonds is 8. The van der Waals surface area contributed by atoms with E-state index in [4.69, 9.17) is 16.3 Å². The lowest BCUT2D eigenvalue weighted by Crippen LogP contribution is -2.38. The van der Waals surface area contributed by atoms with Crippen molar-refractivity contribution in [3.05, 3.63) is 64.7 Å². The maximum absolute atomic E-state index is 12.3. The molecule has 0 aromatic heterocycles. The fraction of sp³-hybridized carbons (Fsp3) is 0.435. The van der Waals surface area contributed by atoms with Gasteiger partial charge in [-0.3, -0.25) is 9.69 Å². The van der Waals surface area contributed by atoms with Gasteiger partial charge in [-0.2, -0.15) is 0 Å². The van der Waals surface area contributed by atoms with Gasteiger partial charge in [-0.15, -0.1) is 0 Å². The van der Waals surface area contributed by atoms with Crippen LogP contribution in [0.15, 0.2) is 48.5 Å². The average molecular weight is 401 g/mol. The molecule has 1 aliphatic rings. The minimum absolute atomic E-state index is 0.0102. The number of hydrogen-bond donors (Lipinski definition) is 1. The Morgan fingerprint density at radius 2 is 1.79 bits per heavy atom. The topological polar surface area (TPSA) is 41.6 Å². The van der Waals surface area contributed by atoms with Crippen molar-refractivity contribution in [3.8, 4) is 5.75 Å². The highest BCUT2D eigenvalue weighted by Gasteiger charge is 2.25. The van der Waals surface area contributed by atoms with Crippen LogP contribution in [-0.4, -0.2) is 37.0 Å². The molecule has 1 aliphatic heterocycles. The summed E-state index contributed by atoms with van der Waals surface area (Å²) >= 11 is 6.42. The minimum atomic E-state index is -0.121. The number of carbonyl (C=O) groups excluding carboxylic acids is 1. The third kappa shape index (κ3) is 5.49. The molecule has 4 nitrogen and oxygen atoms in total. The predicted molar refractivity (Wildman–Crippen MR) is 114 cm³/mol. The van der Waals surface area contributed by atoms with Gasteiger partial charge in [0.15, 0.2) is 6.61 Å². The van der Waals surface area contributed by atoms with Gasteiger partial charge in [0.25, 0.3) is 5.91 Å². The highest BCUT2D eigenvalue weighted by atomic mass is 35.5. The van der Waals surface area contributed by atoms with Gasteiger partial charge in [-0.05, 0) is 61.2 Å². The van der Waals surface area contributed by atoms with E-state index in [1.165, 1.54) is 18.4 Å². The summed E-state index contributed by atoms with van der Waals surface area (Å²) in [5.74, 6) is 1.07. The second-order valence-corrected chi connectivity index (χ2v) is 8.00. The fourth-order valence-corrected chi connectivity index (χ4v) is 3.86. The first-order valence-corrected chi connectivity index (χ1v) is 10.4. The Morgan fingerprint density at radius 3 is 2.43 bits per heavy atom. The third-order valence-electron chi connectivity index (χ3n) is 5.25. The van der Waals surface area contributed by atoms with Crippen LogP contribution < -0.4 is 10.1 Å². The molecule has 1 atom stereocenters. The van der Waals surface area contributed by atoms with E-state index in [9.17, 15) is 4.79 Å². The van der Waals surface area contributed by atoms with E-state index in [0.29, 0.717) is 18.2 Å². The molecule has 1 heterocycles. The molecule has 1 N–H and O–H groups in total. The van der Waals surface area contributed by atoms with E-state index in [1.807, 2.05) is 48.5 Å². The molecule has 0 radical (unpaired) electrons. The summed E-state index contributed by atoms with van der Waals surface area (Å²) in [6.07, 6.45) is 2.37. The summed E-state index contributed by atoms with van der Waals surface area (Å²) < 4.78 is 5.64. The lowest BCUT2D eigenvalue weighted by molar-refractivity contribution is -0.123. The van der Waals surface area contributed by atoms with Crippen LogP contribution in [-0.2, 0) is 4.79 Å². The number of carbonyl (C=O) groups is 1. The second-order valence-electron chi connectivity index (χ2n) is 7.60. The van der Waals surface area contributed by atoms with E-state index in [1.54, 1.807) is 0 Å². The standard InChI is InChI=1S/C23H29ClN2O2/c1-17(2)18-9-11-19(12-10-18)28-16-23(27)25-15-22(26-13-5-6-14-26)20-7-3-4-8-21(20)24/h3-4,7-12,17,22H,5-6,13-16H2,1-2H3,(H,25,27). The van der Waals surface area contributed by atoms with Gasteiger partial charge in [0.1, 0.15) is 5.75 Å². The first-order valence-electron chi connectivity index (χ1n) is 10.0. The zero-order chi connectivity index (χ0) is 19.9. The highest BCUT2D eigenvalue weighted by molar-refractivity contribution is 6.31. The zero-order valence-electron chi connectivity index (χ0n) is 16.7. The number of ether oxygens (including phenoxy) is 1. The third-order valence-corrected chi connectivity index (χ3v) is 5.60. The van der Waals surface area contributed by atoms with E-state index in [-0.39, 0.29) is 18.6 Å². The Balaban J connectivity index is 1.55. The normalized spacial score (nSPS) is 15.6. The van der Waals surface area contributed by atoms with Gasteiger partial charge in [-0.25, -0.2) is 0 Å². The average Bonchev–Trinajstić information content (AvgIpc) is 3.22. The number of hydrogen-bond acceptors (Lipinski definition) is 3. The molecule has 150 valence electrons. The zero-order valence-corrected chi connectivity index (χ0v) is 17.4. The molecule has 28 heavy (non-hydrogen) atoms. The molecule has 0 spiro atoms. The molecule has 0 saturated carbocycles. The summed E-state index contributed by atoms with van der Waals surface area (Å²) in [7, 11) is 0. The number of amides is 1. The number of benzene rings is 2. The number of nitrogens with zero attached hydrogens (tertiary/aromatic N) is 1. The van der Waals surface area contributed by atoms with Crippen LogP contribution in [0.5, 0.6) is 5.75 Å². The Hall–Kier alpha value is -2.04. The van der Waals surface area contributed by atoms with Crippen molar-refractivity contribution in [1.29, 1.82) is 0 Å². The summed E-state index contributed by atoms with van der Waals surface area (Å²) in [6.45, 7) is 6.90. The van der Waals surface area contributed by atoms with Gasteiger partial charge in [0.2, 0.25) is 0 Å². The van der Waals surface area contributed by atoms with Crippen LogP contribution in [0.2, 0.25) is 5.02 Å². The molecule has 1 unspecified atom stereocenters. The van der Waals surface area contributed by atoms with Crippen molar-refractivity contribution in [2.75, 3.05) is 26.2 Å². The van der Waals surface area contributed by atoms with Gasteiger partial charge in [0, 0.05) is 11.6 Å². The van der Waals surface area contributed by atoms with Gasteiger partial charge in [0.05, 0.1) is 6.04 Å². The van der Waals surface area contributed by atoms with E-state index >= 15 is 0 Å². The summed E-state index contributed by atoms with van der Waals surface area (Å²) in [5, 5.41) is 3.77. The minimum Gasteiger partial charge on any atom is -0.484 e. The Kier molecular flexibility index (Phi) is 7.35. The molecule has 2 aromatic rings. The van der Waals surface area contributed by atoms with Crippen LogP contribution in [0.25, 0.3) is 0 Å². The molecule has 1 amide bonds. The summed E-state index contributed by atoms with van der Waals surface area (Å²) in [6, 6.07) is 15.9. The Morgan fingerprint density at radius 1 is 1.11 bits per heavy atom. The quantitative estimate of drug-likeness (QED) is 0.692. The predicted octanol–water partition coefficient (Wildman–Crippen LogP) is 4.80. The molecular formula is C23H29ClN2O2. The van der Waals surface area contributed by atoms with Crippen LogP contribution in [0, 0.1) is 0 Å². The molecule has 3 rings (SSSR count). The first kappa shape index (κ1) is 20.7. The van der Waals surface area contributed by atoms with Gasteiger partial charge >= 0.3 is 0 Å². The lowest BCUT2D eigenvalue weighted by Gasteiger charge is -2.29. The lowest BCUT2D eigenvalue weighted by atomic mass is 10.0. The van der Waals surface area contributed by atoms with Crippen LogP contribution in [0.4, 0.5) is 0 Å². The number of likely N-dealkylation sites (tertiary alicyclic amines) is 1. The molecule has 1 fully saturated rings. The SMILES string of the molecule is CC(C)c1ccc(OCC(=O)NCC(c2ccccc2Cl)N2CCCC2)cc1. The smallest absolute Gasteiger partial charge is 0.258 e. The van der Waals surface area contributed by atoms with E-state index < -0.39 is 0 Å². The van der Waals surface area contributed by atoms with Crippen molar-refractivity contribution in [2.24, 2.45) is 0 Å².